The first-order chi connectivity index (χ1) is 7.54. The molecule has 0 unspecified atom stereocenters. The molecule has 1 rings (SSSR count). The van der Waals surface area contributed by atoms with Gasteiger partial charge < -0.3 is 5.32 Å². The number of carbonyl (C=O) groups is 1. The van der Waals surface area contributed by atoms with Crippen molar-refractivity contribution in [2.24, 2.45) is 0 Å². The first-order valence-corrected chi connectivity index (χ1v) is 5.85. The Morgan fingerprint density at radius 2 is 2.12 bits per heavy atom. The fourth-order valence-electron chi connectivity index (χ4n) is 0.915. The van der Waals surface area contributed by atoms with Crippen LogP contribution in [0.2, 0.25) is 5.02 Å². The van der Waals surface area contributed by atoms with Crippen LogP contribution in [-0.2, 0) is 0 Å². The third-order valence-electron chi connectivity index (χ3n) is 1.69. The summed E-state index contributed by atoms with van der Waals surface area (Å²) in [6, 6.07) is 4.95. The van der Waals surface area contributed by atoms with Gasteiger partial charge in [0.1, 0.15) is 0 Å². The summed E-state index contributed by atoms with van der Waals surface area (Å²) in [5.41, 5.74) is 5.40. The lowest BCUT2D eigenvalue weighted by molar-refractivity contribution is 0.0943. The van der Waals surface area contributed by atoms with E-state index in [1.54, 1.807) is 25.2 Å². The molecule has 0 fully saturated rings. The van der Waals surface area contributed by atoms with E-state index in [2.05, 4.69) is 32.1 Å². The highest BCUT2D eigenvalue weighted by molar-refractivity contribution is 9.10. The maximum atomic E-state index is 11.7. The molecule has 4 nitrogen and oxygen atoms in total. The maximum Gasteiger partial charge on any atom is 0.270 e. The Labute approximate surface area is 112 Å². The maximum absolute atomic E-state index is 11.7. The van der Waals surface area contributed by atoms with E-state index in [-0.39, 0.29) is 5.91 Å². The summed E-state index contributed by atoms with van der Waals surface area (Å²) in [6.07, 6.45) is 0. The van der Waals surface area contributed by atoms with E-state index < -0.39 is 0 Å². The fourth-order valence-corrected chi connectivity index (χ4v) is 1.56. The number of carbonyl (C=O) groups excluding carboxylic acids is 1. The summed E-state index contributed by atoms with van der Waals surface area (Å²) in [4.78, 5) is 11.7. The van der Waals surface area contributed by atoms with Crippen LogP contribution in [0.5, 0.6) is 0 Å². The summed E-state index contributed by atoms with van der Waals surface area (Å²) >= 11 is 13.9. The van der Waals surface area contributed by atoms with Crippen molar-refractivity contribution < 1.29 is 4.79 Å². The molecule has 1 aromatic rings. The Bertz CT molecular complexity index is 427. The van der Waals surface area contributed by atoms with E-state index in [9.17, 15) is 4.79 Å². The molecule has 86 valence electrons. The van der Waals surface area contributed by atoms with Crippen molar-refractivity contribution in [2.75, 3.05) is 7.05 Å². The van der Waals surface area contributed by atoms with Gasteiger partial charge in [-0.1, -0.05) is 11.6 Å². The number of benzene rings is 1. The first-order valence-electron chi connectivity index (χ1n) is 4.27. The molecule has 16 heavy (non-hydrogen) atoms. The molecule has 0 spiro atoms. The molecule has 1 amide bonds. The average molecular weight is 323 g/mol. The highest BCUT2D eigenvalue weighted by atomic mass is 79.9. The van der Waals surface area contributed by atoms with Crippen LogP contribution in [-0.4, -0.2) is 18.1 Å². The predicted octanol–water partition coefficient (Wildman–Crippen LogP) is 1.84. The summed E-state index contributed by atoms with van der Waals surface area (Å²) < 4.78 is 0.659. The SMILES string of the molecule is CNC(=S)NNC(=O)c1cc(Cl)ccc1Br. The molecule has 0 aliphatic carbocycles. The molecule has 3 N–H and O–H groups in total. The van der Waals surface area contributed by atoms with E-state index in [0.29, 0.717) is 20.2 Å². The Morgan fingerprint density at radius 3 is 2.75 bits per heavy atom. The minimum atomic E-state index is -0.327. The number of hydrazine groups is 1. The zero-order valence-corrected chi connectivity index (χ0v) is 11.5. The van der Waals surface area contributed by atoms with E-state index in [1.807, 2.05) is 0 Å². The second-order valence-corrected chi connectivity index (χ2v) is 4.48. The quantitative estimate of drug-likeness (QED) is 0.545. The normalized spacial score (nSPS) is 9.44. The van der Waals surface area contributed by atoms with E-state index in [0.717, 1.165) is 0 Å². The average Bonchev–Trinajstić information content (AvgIpc) is 2.28. The summed E-state index contributed by atoms with van der Waals surface area (Å²) in [6.45, 7) is 0. The van der Waals surface area contributed by atoms with E-state index in [4.69, 9.17) is 23.8 Å². The van der Waals surface area contributed by atoms with Gasteiger partial charge in [-0.15, -0.1) is 0 Å². The second-order valence-electron chi connectivity index (χ2n) is 2.78. The fraction of sp³-hybridized carbons (Fsp3) is 0.111. The molecule has 0 aliphatic heterocycles. The number of thiocarbonyl (C=S) groups is 1. The lowest BCUT2D eigenvalue weighted by atomic mass is 10.2. The van der Waals surface area contributed by atoms with Crippen molar-refractivity contribution in [1.29, 1.82) is 0 Å². The van der Waals surface area contributed by atoms with Crippen molar-refractivity contribution in [3.8, 4) is 0 Å². The van der Waals surface area contributed by atoms with Gasteiger partial charge in [0.2, 0.25) is 0 Å². The van der Waals surface area contributed by atoms with Gasteiger partial charge in [-0.3, -0.25) is 15.6 Å². The Balaban J connectivity index is 2.73. The molecule has 0 atom stereocenters. The van der Waals surface area contributed by atoms with Crippen LogP contribution < -0.4 is 16.2 Å². The number of hydrogen-bond acceptors (Lipinski definition) is 2. The molecule has 0 saturated carbocycles. The molecule has 1 aromatic carbocycles. The highest BCUT2D eigenvalue weighted by Crippen LogP contribution is 2.20. The molecule has 7 heteroatoms. The number of amides is 1. The molecule has 0 aliphatic rings. The van der Waals surface area contributed by atoms with Crippen molar-refractivity contribution in [2.45, 2.75) is 0 Å². The van der Waals surface area contributed by atoms with Crippen LogP contribution in [0.3, 0.4) is 0 Å². The Hall–Kier alpha value is -0.850. The van der Waals surface area contributed by atoms with Crippen LogP contribution in [0.1, 0.15) is 10.4 Å². The first kappa shape index (κ1) is 13.2. The molecular formula is C9H9BrClN3OS. The van der Waals surface area contributed by atoms with Crippen LogP contribution >= 0.6 is 39.7 Å². The largest absolute Gasteiger partial charge is 0.364 e. The van der Waals surface area contributed by atoms with Gasteiger partial charge in [-0.25, -0.2) is 0 Å². The van der Waals surface area contributed by atoms with Gasteiger partial charge in [-0.2, -0.15) is 0 Å². The zero-order valence-electron chi connectivity index (χ0n) is 8.30. The minimum Gasteiger partial charge on any atom is -0.364 e. The lowest BCUT2D eigenvalue weighted by Gasteiger charge is -2.09. The third kappa shape index (κ3) is 3.62. The van der Waals surface area contributed by atoms with E-state index >= 15 is 0 Å². The van der Waals surface area contributed by atoms with Gasteiger partial charge in [0, 0.05) is 16.5 Å². The summed E-state index contributed by atoms with van der Waals surface area (Å²) in [5.74, 6) is -0.327. The van der Waals surface area contributed by atoms with Crippen LogP contribution in [0, 0.1) is 0 Å². The van der Waals surface area contributed by atoms with Crippen LogP contribution in [0.4, 0.5) is 0 Å². The molecule has 0 saturated heterocycles. The summed E-state index contributed by atoms with van der Waals surface area (Å²) in [7, 11) is 1.65. The third-order valence-corrected chi connectivity index (χ3v) is 2.92. The highest BCUT2D eigenvalue weighted by Gasteiger charge is 2.10. The topological polar surface area (TPSA) is 53.2 Å². The van der Waals surface area contributed by atoms with Crippen molar-refractivity contribution >= 4 is 50.8 Å². The lowest BCUT2D eigenvalue weighted by Crippen LogP contribution is -2.45. The monoisotopic (exact) mass is 321 g/mol. The molecule has 0 aromatic heterocycles. The molecule has 0 radical (unpaired) electrons. The number of halogens is 2. The second kappa shape index (κ2) is 6.03. The predicted molar refractivity (Wildman–Crippen MR) is 71.4 cm³/mol. The van der Waals surface area contributed by atoms with Gasteiger partial charge in [0.25, 0.3) is 5.91 Å². The molecule has 0 bridgehead atoms. The number of hydrogen-bond donors (Lipinski definition) is 3. The molecular weight excluding hydrogens is 314 g/mol. The van der Waals surface area contributed by atoms with Crippen LogP contribution in [0.15, 0.2) is 22.7 Å². The minimum absolute atomic E-state index is 0.325. The number of nitrogens with one attached hydrogen (secondary N) is 3. The van der Waals surface area contributed by atoms with Crippen molar-refractivity contribution in [1.82, 2.24) is 16.2 Å². The van der Waals surface area contributed by atoms with Crippen molar-refractivity contribution in [3.05, 3.63) is 33.3 Å². The summed E-state index contributed by atoms with van der Waals surface area (Å²) in [5, 5.41) is 3.48. The van der Waals surface area contributed by atoms with Gasteiger partial charge in [-0.05, 0) is 46.3 Å². The number of rotatable bonds is 1. The van der Waals surface area contributed by atoms with Crippen molar-refractivity contribution in [3.63, 3.8) is 0 Å². The Kier molecular flexibility index (Phi) is 4.98. The van der Waals surface area contributed by atoms with Crippen LogP contribution in [0.25, 0.3) is 0 Å². The molecule has 0 heterocycles. The zero-order chi connectivity index (χ0) is 12.1. The van der Waals surface area contributed by atoms with Gasteiger partial charge in [0.15, 0.2) is 5.11 Å². The standard InChI is InChI=1S/C9H9BrClN3OS/c1-12-9(16)14-13-8(15)6-4-5(11)2-3-7(6)10/h2-4H,1H3,(H,13,15)(H2,12,14,16). The van der Waals surface area contributed by atoms with Gasteiger partial charge in [0.05, 0.1) is 5.56 Å². The van der Waals surface area contributed by atoms with E-state index in [1.165, 1.54) is 0 Å². The van der Waals surface area contributed by atoms with Gasteiger partial charge >= 0.3 is 0 Å². The Morgan fingerprint density at radius 1 is 1.44 bits per heavy atom. The smallest absolute Gasteiger partial charge is 0.270 e.